The number of fused-ring (bicyclic) bond motifs is 1. The summed E-state index contributed by atoms with van der Waals surface area (Å²) >= 11 is 0. The van der Waals surface area contributed by atoms with Gasteiger partial charge in [0.2, 0.25) is 5.82 Å². The van der Waals surface area contributed by atoms with Crippen molar-refractivity contribution >= 4 is 0 Å². The largest absolute Gasteiger partial charge is 0.449 e. The first-order chi connectivity index (χ1) is 8.89. The van der Waals surface area contributed by atoms with Crippen molar-refractivity contribution in [3.05, 3.63) is 17.2 Å². The van der Waals surface area contributed by atoms with Gasteiger partial charge in [0.25, 0.3) is 0 Å². The number of aromatic nitrogens is 2. The number of halogens is 3. The third kappa shape index (κ3) is 3.27. The van der Waals surface area contributed by atoms with E-state index in [1.165, 1.54) is 4.57 Å². The number of rotatable bonds is 4. The molecule has 0 fully saturated rings. The van der Waals surface area contributed by atoms with E-state index >= 15 is 0 Å². The van der Waals surface area contributed by atoms with Crippen molar-refractivity contribution in [2.45, 2.75) is 32.1 Å². The molecule has 0 aromatic carbocycles. The molecule has 1 aliphatic rings. The zero-order valence-electron chi connectivity index (χ0n) is 11.2. The number of hydrogen-bond donors (Lipinski definition) is 1. The van der Waals surface area contributed by atoms with Crippen LogP contribution in [0, 0.1) is 0 Å². The van der Waals surface area contributed by atoms with Crippen LogP contribution >= 0.6 is 0 Å². The van der Waals surface area contributed by atoms with Gasteiger partial charge in [-0.25, -0.2) is 4.98 Å². The fraction of sp³-hybridized carbons (Fsp3) is 0.750. The Morgan fingerprint density at radius 2 is 2.11 bits per heavy atom. The summed E-state index contributed by atoms with van der Waals surface area (Å²) in [5, 5.41) is 3.06. The third-order valence-electron chi connectivity index (χ3n) is 3.23. The average molecular weight is 276 g/mol. The maximum atomic E-state index is 13.0. The molecule has 2 heterocycles. The first-order valence-corrected chi connectivity index (χ1v) is 6.40. The third-order valence-corrected chi connectivity index (χ3v) is 3.23. The number of imidazole rings is 1. The fourth-order valence-corrected chi connectivity index (χ4v) is 2.37. The van der Waals surface area contributed by atoms with E-state index in [9.17, 15) is 13.2 Å². The Bertz CT molecular complexity index is 437. The molecule has 0 bridgehead atoms. The van der Waals surface area contributed by atoms with Gasteiger partial charge in [-0.3, -0.25) is 0 Å². The molecule has 0 aliphatic carbocycles. The van der Waals surface area contributed by atoms with Crippen molar-refractivity contribution in [3.63, 3.8) is 0 Å². The topological polar surface area (TPSA) is 33.1 Å². The monoisotopic (exact) mass is 276 g/mol. The quantitative estimate of drug-likeness (QED) is 0.904. The van der Waals surface area contributed by atoms with Crippen molar-refractivity contribution < 1.29 is 13.2 Å². The Labute approximate surface area is 110 Å². The van der Waals surface area contributed by atoms with E-state index in [0.29, 0.717) is 38.2 Å². The Kier molecular flexibility index (Phi) is 4.15. The van der Waals surface area contributed by atoms with Crippen LogP contribution in [0.1, 0.15) is 23.6 Å². The summed E-state index contributed by atoms with van der Waals surface area (Å²) in [7, 11) is 3.83. The maximum absolute atomic E-state index is 13.0. The molecule has 19 heavy (non-hydrogen) atoms. The normalized spacial score (nSPS) is 15.9. The molecule has 0 saturated heterocycles. The van der Waals surface area contributed by atoms with E-state index in [2.05, 4.69) is 10.3 Å². The summed E-state index contributed by atoms with van der Waals surface area (Å²) in [4.78, 5) is 5.75. The standard InChI is InChI=1S/C12H19F3N4/c1-18(2)6-3-7-19-10-4-5-16-8-9(10)17-11(19)12(13,14)15/h16H,3-8H2,1-2H3. The van der Waals surface area contributed by atoms with E-state index in [1.54, 1.807) is 0 Å². The summed E-state index contributed by atoms with van der Waals surface area (Å²) < 4.78 is 40.4. The number of hydrogen-bond acceptors (Lipinski definition) is 3. The molecule has 0 spiro atoms. The van der Waals surface area contributed by atoms with Crippen LogP contribution < -0.4 is 5.32 Å². The van der Waals surface area contributed by atoms with E-state index in [1.807, 2.05) is 19.0 Å². The number of nitrogens with zero attached hydrogens (tertiary/aromatic N) is 3. The molecule has 0 saturated carbocycles. The van der Waals surface area contributed by atoms with Crippen LogP contribution in [0.25, 0.3) is 0 Å². The number of nitrogens with one attached hydrogen (secondary N) is 1. The van der Waals surface area contributed by atoms with Crippen LogP contribution in [0.15, 0.2) is 0 Å². The molecule has 4 nitrogen and oxygen atoms in total. The van der Waals surface area contributed by atoms with Crippen LogP contribution in [-0.4, -0.2) is 41.6 Å². The molecule has 7 heteroatoms. The van der Waals surface area contributed by atoms with Gasteiger partial charge in [0.15, 0.2) is 0 Å². The second-order valence-electron chi connectivity index (χ2n) is 5.06. The van der Waals surface area contributed by atoms with E-state index in [0.717, 1.165) is 12.2 Å². The Morgan fingerprint density at radius 1 is 1.37 bits per heavy atom. The number of alkyl halides is 3. The lowest BCUT2D eigenvalue weighted by Crippen LogP contribution is -2.26. The summed E-state index contributed by atoms with van der Waals surface area (Å²) in [6.45, 7) is 2.28. The molecule has 1 aromatic heterocycles. The van der Waals surface area contributed by atoms with Crippen LogP contribution in [0.2, 0.25) is 0 Å². The maximum Gasteiger partial charge on any atom is 0.449 e. The highest BCUT2D eigenvalue weighted by atomic mass is 19.4. The first kappa shape index (κ1) is 14.3. The van der Waals surface area contributed by atoms with Gasteiger partial charge in [-0.2, -0.15) is 13.2 Å². The Hall–Kier alpha value is -1.08. The molecule has 108 valence electrons. The van der Waals surface area contributed by atoms with Gasteiger partial charge in [-0.1, -0.05) is 0 Å². The van der Waals surface area contributed by atoms with E-state index < -0.39 is 12.0 Å². The van der Waals surface area contributed by atoms with Crippen molar-refractivity contribution in [1.82, 2.24) is 19.8 Å². The first-order valence-electron chi connectivity index (χ1n) is 6.40. The van der Waals surface area contributed by atoms with Crippen molar-refractivity contribution in [2.75, 3.05) is 27.2 Å². The molecule has 0 amide bonds. The lowest BCUT2D eigenvalue weighted by Gasteiger charge is -2.17. The van der Waals surface area contributed by atoms with Gasteiger partial charge in [-0.15, -0.1) is 0 Å². The SMILES string of the molecule is CN(C)CCCn1c(C(F)(F)F)nc2c1CCNC2. The average Bonchev–Trinajstić information content (AvgIpc) is 2.68. The molecule has 1 aliphatic heterocycles. The zero-order chi connectivity index (χ0) is 14.0. The van der Waals surface area contributed by atoms with Crippen LogP contribution in [0.4, 0.5) is 13.2 Å². The molecule has 0 radical (unpaired) electrons. The summed E-state index contributed by atoms with van der Waals surface area (Å²) in [6.07, 6.45) is -3.08. The molecule has 1 aromatic rings. The molecular formula is C12H19F3N4. The van der Waals surface area contributed by atoms with E-state index in [-0.39, 0.29) is 0 Å². The summed E-state index contributed by atoms with van der Waals surface area (Å²) in [5.41, 5.74) is 1.29. The fourth-order valence-electron chi connectivity index (χ4n) is 2.37. The van der Waals surface area contributed by atoms with Gasteiger partial charge < -0.3 is 14.8 Å². The lowest BCUT2D eigenvalue weighted by atomic mass is 10.2. The highest BCUT2D eigenvalue weighted by Crippen LogP contribution is 2.31. The predicted octanol–water partition coefficient (Wildman–Crippen LogP) is 1.50. The van der Waals surface area contributed by atoms with E-state index in [4.69, 9.17) is 0 Å². The molecular weight excluding hydrogens is 257 g/mol. The second-order valence-corrected chi connectivity index (χ2v) is 5.06. The van der Waals surface area contributed by atoms with Crippen LogP contribution in [0.5, 0.6) is 0 Å². The highest BCUT2D eigenvalue weighted by Gasteiger charge is 2.38. The molecule has 0 unspecified atom stereocenters. The molecule has 1 N–H and O–H groups in total. The van der Waals surface area contributed by atoms with Gasteiger partial charge >= 0.3 is 6.18 Å². The van der Waals surface area contributed by atoms with Crippen LogP contribution in [0.3, 0.4) is 0 Å². The van der Waals surface area contributed by atoms with Crippen molar-refractivity contribution in [1.29, 1.82) is 0 Å². The Morgan fingerprint density at radius 3 is 2.74 bits per heavy atom. The zero-order valence-corrected chi connectivity index (χ0v) is 11.2. The lowest BCUT2D eigenvalue weighted by molar-refractivity contribution is -0.147. The van der Waals surface area contributed by atoms with Crippen molar-refractivity contribution in [2.24, 2.45) is 0 Å². The minimum absolute atomic E-state index is 0.370. The summed E-state index contributed by atoms with van der Waals surface area (Å²) in [5.74, 6) is -0.750. The van der Waals surface area contributed by atoms with Gasteiger partial charge in [0, 0.05) is 31.7 Å². The smallest absolute Gasteiger partial charge is 0.324 e. The highest BCUT2D eigenvalue weighted by molar-refractivity contribution is 5.21. The van der Waals surface area contributed by atoms with Crippen LogP contribution in [-0.2, 0) is 25.7 Å². The summed E-state index contributed by atoms with van der Waals surface area (Å²) in [6, 6.07) is 0. The minimum Gasteiger partial charge on any atom is -0.324 e. The second kappa shape index (κ2) is 5.50. The van der Waals surface area contributed by atoms with Gasteiger partial charge in [0.05, 0.1) is 5.69 Å². The Balaban J connectivity index is 2.25. The van der Waals surface area contributed by atoms with Crippen molar-refractivity contribution in [3.8, 4) is 0 Å². The molecule has 0 atom stereocenters. The minimum atomic E-state index is -4.38. The van der Waals surface area contributed by atoms with Gasteiger partial charge in [0.1, 0.15) is 0 Å². The predicted molar refractivity (Wildman–Crippen MR) is 65.8 cm³/mol. The van der Waals surface area contributed by atoms with Gasteiger partial charge in [-0.05, 0) is 27.1 Å². The molecule has 2 rings (SSSR count).